The van der Waals surface area contributed by atoms with Gasteiger partial charge in [0.05, 0.1) is 6.61 Å². The maximum Gasteiger partial charge on any atom is 0.323 e. The summed E-state index contributed by atoms with van der Waals surface area (Å²) in [6.07, 6.45) is 8.12. The summed E-state index contributed by atoms with van der Waals surface area (Å²) >= 11 is 0. The van der Waals surface area contributed by atoms with Crippen molar-refractivity contribution in [2.24, 2.45) is 5.73 Å². The lowest BCUT2D eigenvalue weighted by atomic mass is 10.1. The summed E-state index contributed by atoms with van der Waals surface area (Å²) < 4.78 is 5.27. The van der Waals surface area contributed by atoms with Gasteiger partial charge >= 0.3 is 5.97 Å². The molecular formula is C18H26N2O2. The van der Waals surface area contributed by atoms with Gasteiger partial charge in [-0.1, -0.05) is 50.8 Å². The molecule has 2 rings (SSSR count). The lowest BCUT2D eigenvalue weighted by molar-refractivity contribution is -0.145. The third-order valence-corrected chi connectivity index (χ3v) is 3.91. The third-order valence-electron chi connectivity index (χ3n) is 3.91. The standard InChI is InChI=1S/C18H26N2O2/c1-2-3-4-5-8-11-22-18(21)16(19)12-14-13-20-17-10-7-6-9-15(14)17/h6-7,9-10,13,16,20H,2-5,8,11-12,19H2,1H3/t16-/m0/s1. The van der Waals surface area contributed by atoms with Crippen LogP contribution in [0.3, 0.4) is 0 Å². The molecule has 0 bridgehead atoms. The van der Waals surface area contributed by atoms with Crippen LogP contribution in [0.5, 0.6) is 0 Å². The molecule has 0 fully saturated rings. The summed E-state index contributed by atoms with van der Waals surface area (Å²) in [5.41, 5.74) is 8.10. The number of rotatable bonds is 9. The van der Waals surface area contributed by atoms with Gasteiger partial charge in [-0.2, -0.15) is 0 Å². The van der Waals surface area contributed by atoms with Crippen LogP contribution in [0.1, 0.15) is 44.6 Å². The number of nitrogens with one attached hydrogen (secondary N) is 1. The van der Waals surface area contributed by atoms with E-state index in [1.54, 1.807) is 0 Å². The predicted molar refractivity (Wildman–Crippen MR) is 89.7 cm³/mol. The van der Waals surface area contributed by atoms with Crippen molar-refractivity contribution in [1.29, 1.82) is 0 Å². The molecule has 1 heterocycles. The summed E-state index contributed by atoms with van der Waals surface area (Å²) in [6.45, 7) is 2.66. The maximum absolute atomic E-state index is 11.9. The lowest BCUT2D eigenvalue weighted by Crippen LogP contribution is -2.34. The minimum absolute atomic E-state index is 0.305. The summed E-state index contributed by atoms with van der Waals surface area (Å²) in [5.74, 6) is -0.305. The van der Waals surface area contributed by atoms with E-state index in [9.17, 15) is 4.79 Å². The maximum atomic E-state index is 11.9. The number of benzene rings is 1. The molecule has 0 aliphatic heterocycles. The highest BCUT2D eigenvalue weighted by Crippen LogP contribution is 2.19. The van der Waals surface area contributed by atoms with E-state index in [0.717, 1.165) is 29.3 Å². The van der Waals surface area contributed by atoms with E-state index in [0.29, 0.717) is 13.0 Å². The fraction of sp³-hybridized carbons (Fsp3) is 0.500. The van der Waals surface area contributed by atoms with Gasteiger partial charge in [-0.25, -0.2) is 0 Å². The number of aromatic nitrogens is 1. The van der Waals surface area contributed by atoms with Crippen LogP contribution in [0.25, 0.3) is 10.9 Å². The van der Waals surface area contributed by atoms with Crippen molar-refractivity contribution >= 4 is 16.9 Å². The van der Waals surface area contributed by atoms with Crippen LogP contribution in [0.2, 0.25) is 0 Å². The average molecular weight is 302 g/mol. The zero-order chi connectivity index (χ0) is 15.8. The molecule has 4 heteroatoms. The zero-order valence-corrected chi connectivity index (χ0v) is 13.3. The number of hydrogen-bond donors (Lipinski definition) is 2. The SMILES string of the molecule is CCCCCCCOC(=O)[C@@H](N)Cc1c[nH]c2ccccc12. The molecule has 0 radical (unpaired) electrons. The van der Waals surface area contributed by atoms with Gasteiger partial charge in [0.2, 0.25) is 0 Å². The zero-order valence-electron chi connectivity index (χ0n) is 13.3. The van der Waals surface area contributed by atoms with Crippen LogP contribution in [0, 0.1) is 0 Å². The van der Waals surface area contributed by atoms with Crippen molar-refractivity contribution in [3.63, 3.8) is 0 Å². The van der Waals surface area contributed by atoms with Gasteiger partial charge < -0.3 is 15.5 Å². The molecule has 1 aromatic carbocycles. The highest BCUT2D eigenvalue weighted by molar-refractivity contribution is 5.84. The van der Waals surface area contributed by atoms with Gasteiger partial charge in [-0.15, -0.1) is 0 Å². The Balaban J connectivity index is 1.76. The second-order valence-electron chi connectivity index (χ2n) is 5.75. The molecule has 22 heavy (non-hydrogen) atoms. The number of ether oxygens (including phenoxy) is 1. The number of unbranched alkanes of at least 4 members (excludes halogenated alkanes) is 4. The van der Waals surface area contributed by atoms with E-state index < -0.39 is 6.04 Å². The van der Waals surface area contributed by atoms with Gasteiger partial charge in [-0.05, 0) is 18.1 Å². The van der Waals surface area contributed by atoms with E-state index in [-0.39, 0.29) is 5.97 Å². The molecule has 0 amide bonds. The molecule has 120 valence electrons. The van der Waals surface area contributed by atoms with Crippen LogP contribution >= 0.6 is 0 Å². The van der Waals surface area contributed by atoms with Crippen molar-refractivity contribution < 1.29 is 9.53 Å². The minimum Gasteiger partial charge on any atom is -0.465 e. The van der Waals surface area contributed by atoms with Crippen LogP contribution in [-0.4, -0.2) is 23.6 Å². The Morgan fingerprint density at radius 2 is 2.00 bits per heavy atom. The number of H-pyrrole nitrogens is 1. The van der Waals surface area contributed by atoms with Crippen molar-refractivity contribution in [1.82, 2.24) is 4.98 Å². The first kappa shape index (κ1) is 16.6. The molecule has 0 spiro atoms. The summed E-state index contributed by atoms with van der Waals surface area (Å²) in [5, 5.41) is 1.12. The Morgan fingerprint density at radius 3 is 2.82 bits per heavy atom. The van der Waals surface area contributed by atoms with Gasteiger partial charge in [0.15, 0.2) is 0 Å². The third kappa shape index (κ3) is 4.60. The Hall–Kier alpha value is -1.81. The molecule has 4 nitrogen and oxygen atoms in total. The molecule has 0 saturated heterocycles. The lowest BCUT2D eigenvalue weighted by Gasteiger charge is -2.11. The smallest absolute Gasteiger partial charge is 0.323 e. The van der Waals surface area contributed by atoms with Gasteiger partial charge in [0, 0.05) is 23.5 Å². The van der Waals surface area contributed by atoms with Crippen LogP contribution in [-0.2, 0) is 16.0 Å². The van der Waals surface area contributed by atoms with Crippen LogP contribution in [0.4, 0.5) is 0 Å². The fourth-order valence-corrected chi connectivity index (χ4v) is 2.61. The van der Waals surface area contributed by atoms with Crippen molar-refractivity contribution in [2.45, 2.75) is 51.5 Å². The van der Waals surface area contributed by atoms with E-state index in [1.807, 2.05) is 30.5 Å². The Bertz CT molecular complexity index is 592. The number of carbonyl (C=O) groups is 1. The number of hydrogen-bond acceptors (Lipinski definition) is 3. The van der Waals surface area contributed by atoms with Gasteiger partial charge in [0.25, 0.3) is 0 Å². The van der Waals surface area contributed by atoms with E-state index in [1.165, 1.54) is 19.3 Å². The molecule has 2 aromatic rings. The number of esters is 1. The summed E-state index contributed by atoms with van der Waals surface area (Å²) in [6, 6.07) is 7.41. The Kier molecular flexibility index (Phi) is 6.46. The number of para-hydroxylation sites is 1. The van der Waals surface area contributed by atoms with Gasteiger partial charge in [-0.3, -0.25) is 4.79 Å². The second-order valence-corrected chi connectivity index (χ2v) is 5.75. The number of aromatic amines is 1. The van der Waals surface area contributed by atoms with Crippen molar-refractivity contribution in [3.8, 4) is 0 Å². The largest absolute Gasteiger partial charge is 0.465 e. The average Bonchev–Trinajstić information content (AvgIpc) is 2.94. The van der Waals surface area contributed by atoms with Crippen molar-refractivity contribution in [2.75, 3.05) is 6.61 Å². The fourth-order valence-electron chi connectivity index (χ4n) is 2.61. The number of nitrogens with two attached hydrogens (primary N) is 1. The summed E-state index contributed by atoms with van der Waals surface area (Å²) in [7, 11) is 0. The second kappa shape index (κ2) is 8.59. The highest BCUT2D eigenvalue weighted by atomic mass is 16.5. The van der Waals surface area contributed by atoms with E-state index in [2.05, 4.69) is 11.9 Å². The number of carbonyl (C=O) groups excluding carboxylic acids is 1. The number of fused-ring (bicyclic) bond motifs is 1. The minimum atomic E-state index is -0.602. The molecule has 0 aliphatic carbocycles. The molecular weight excluding hydrogens is 276 g/mol. The summed E-state index contributed by atoms with van der Waals surface area (Å²) in [4.78, 5) is 15.1. The molecule has 0 saturated carbocycles. The molecule has 3 N–H and O–H groups in total. The van der Waals surface area contributed by atoms with Crippen LogP contribution in [0.15, 0.2) is 30.5 Å². The van der Waals surface area contributed by atoms with Crippen LogP contribution < -0.4 is 5.73 Å². The Labute approximate surface area is 132 Å². The van der Waals surface area contributed by atoms with E-state index >= 15 is 0 Å². The van der Waals surface area contributed by atoms with Crippen molar-refractivity contribution in [3.05, 3.63) is 36.0 Å². The molecule has 1 aromatic heterocycles. The topological polar surface area (TPSA) is 68.1 Å². The molecule has 0 aliphatic rings. The molecule has 1 atom stereocenters. The monoisotopic (exact) mass is 302 g/mol. The van der Waals surface area contributed by atoms with Gasteiger partial charge in [0.1, 0.15) is 6.04 Å². The highest BCUT2D eigenvalue weighted by Gasteiger charge is 2.17. The molecule has 0 unspecified atom stereocenters. The first-order chi connectivity index (χ1) is 10.7. The van der Waals surface area contributed by atoms with E-state index in [4.69, 9.17) is 10.5 Å². The normalized spacial score (nSPS) is 12.5. The quantitative estimate of drug-likeness (QED) is 0.550. The first-order valence-electron chi connectivity index (χ1n) is 8.19. The first-order valence-corrected chi connectivity index (χ1v) is 8.19. The Morgan fingerprint density at radius 1 is 1.23 bits per heavy atom. The predicted octanol–water partition coefficient (Wildman–Crippen LogP) is 3.55.